The van der Waals surface area contributed by atoms with E-state index in [9.17, 15) is 0 Å². The Hall–Kier alpha value is -1.04. The minimum atomic E-state index is 0. The molecule has 2 N–H and O–H groups in total. The van der Waals surface area contributed by atoms with Crippen LogP contribution >= 0.6 is 24.0 Å². The molecule has 0 radical (unpaired) electrons. The van der Waals surface area contributed by atoms with Gasteiger partial charge in [-0.2, -0.15) is 0 Å². The number of nitrogens with one attached hydrogen (secondary N) is 2. The highest BCUT2D eigenvalue weighted by Crippen LogP contribution is 2.09. The van der Waals surface area contributed by atoms with Gasteiger partial charge in [0.25, 0.3) is 0 Å². The first-order chi connectivity index (χ1) is 8.78. The van der Waals surface area contributed by atoms with Gasteiger partial charge in [0.15, 0.2) is 5.96 Å². The van der Waals surface area contributed by atoms with Crippen LogP contribution in [-0.4, -0.2) is 19.0 Å². The molecule has 0 aliphatic heterocycles. The van der Waals surface area contributed by atoms with Crippen molar-refractivity contribution < 1.29 is 0 Å². The number of benzene rings is 1. The number of aliphatic imine (C=N–C) groups is 1. The Labute approximate surface area is 132 Å². The molecule has 0 spiro atoms. The summed E-state index contributed by atoms with van der Waals surface area (Å²) in [5.74, 6) is 0.880. The molecule has 19 heavy (non-hydrogen) atoms. The molecule has 0 saturated carbocycles. The standard InChI is InChI=1S/C15H21N3.HI/c1-12-6-5-7-13(10-12)11-17-15(16-2)18-14-8-3-4-9-14;/h3-7,10,14H,8-9,11H2,1-2H3,(H2,16,17,18);1H. The molecule has 1 aliphatic rings. The van der Waals surface area contributed by atoms with Gasteiger partial charge < -0.3 is 10.6 Å². The first-order valence-electron chi connectivity index (χ1n) is 6.45. The monoisotopic (exact) mass is 371 g/mol. The smallest absolute Gasteiger partial charge is 0.191 e. The van der Waals surface area contributed by atoms with Crippen LogP contribution in [0.1, 0.15) is 24.0 Å². The number of rotatable bonds is 3. The molecule has 1 aromatic carbocycles. The summed E-state index contributed by atoms with van der Waals surface area (Å²) in [5, 5.41) is 6.78. The molecule has 0 saturated heterocycles. The second kappa shape index (κ2) is 8.19. The van der Waals surface area contributed by atoms with E-state index in [2.05, 4.69) is 59.0 Å². The lowest BCUT2D eigenvalue weighted by atomic mass is 10.1. The maximum absolute atomic E-state index is 4.26. The number of aryl methyl sites for hydroxylation is 1. The molecule has 0 atom stereocenters. The first-order valence-corrected chi connectivity index (χ1v) is 6.45. The minimum absolute atomic E-state index is 0. The molecule has 0 unspecified atom stereocenters. The largest absolute Gasteiger partial charge is 0.353 e. The Morgan fingerprint density at radius 3 is 2.68 bits per heavy atom. The molecular formula is C15H22IN3. The van der Waals surface area contributed by atoms with Crippen molar-refractivity contribution in [1.29, 1.82) is 0 Å². The second-order valence-electron chi connectivity index (χ2n) is 4.70. The van der Waals surface area contributed by atoms with Gasteiger partial charge in [-0.1, -0.05) is 42.0 Å². The van der Waals surface area contributed by atoms with Crippen LogP contribution in [0.5, 0.6) is 0 Å². The van der Waals surface area contributed by atoms with E-state index in [4.69, 9.17) is 0 Å². The van der Waals surface area contributed by atoms with Crippen LogP contribution in [0.2, 0.25) is 0 Å². The lowest BCUT2D eigenvalue weighted by molar-refractivity contribution is 0.633. The molecule has 0 bridgehead atoms. The van der Waals surface area contributed by atoms with E-state index in [0.717, 1.165) is 25.3 Å². The van der Waals surface area contributed by atoms with Crippen LogP contribution in [0.3, 0.4) is 0 Å². The molecule has 0 fully saturated rings. The van der Waals surface area contributed by atoms with E-state index in [1.165, 1.54) is 11.1 Å². The van der Waals surface area contributed by atoms with Crippen LogP contribution in [0.15, 0.2) is 41.4 Å². The summed E-state index contributed by atoms with van der Waals surface area (Å²) < 4.78 is 0. The third-order valence-corrected chi connectivity index (χ3v) is 3.11. The molecule has 0 aromatic heterocycles. The fraction of sp³-hybridized carbons (Fsp3) is 0.400. The molecule has 1 aliphatic carbocycles. The van der Waals surface area contributed by atoms with E-state index < -0.39 is 0 Å². The summed E-state index contributed by atoms with van der Waals surface area (Å²) in [7, 11) is 1.81. The molecular weight excluding hydrogens is 349 g/mol. The van der Waals surface area contributed by atoms with Crippen molar-refractivity contribution in [2.24, 2.45) is 4.99 Å². The Balaban J connectivity index is 0.00000180. The van der Waals surface area contributed by atoms with Crippen LogP contribution in [-0.2, 0) is 6.54 Å². The maximum Gasteiger partial charge on any atom is 0.191 e. The van der Waals surface area contributed by atoms with Gasteiger partial charge in [0.2, 0.25) is 0 Å². The predicted molar refractivity (Wildman–Crippen MR) is 92.1 cm³/mol. The van der Waals surface area contributed by atoms with Gasteiger partial charge in [-0.15, -0.1) is 24.0 Å². The molecule has 104 valence electrons. The molecule has 4 heteroatoms. The van der Waals surface area contributed by atoms with Gasteiger partial charge in [0.05, 0.1) is 0 Å². The number of halogens is 1. The van der Waals surface area contributed by atoms with Crippen molar-refractivity contribution in [1.82, 2.24) is 10.6 Å². The van der Waals surface area contributed by atoms with Crippen molar-refractivity contribution in [3.63, 3.8) is 0 Å². The summed E-state index contributed by atoms with van der Waals surface area (Å²) >= 11 is 0. The summed E-state index contributed by atoms with van der Waals surface area (Å²) in [6, 6.07) is 9.01. The van der Waals surface area contributed by atoms with Gasteiger partial charge in [0.1, 0.15) is 0 Å². The zero-order valence-corrected chi connectivity index (χ0v) is 13.8. The van der Waals surface area contributed by atoms with Gasteiger partial charge in [-0.05, 0) is 25.3 Å². The van der Waals surface area contributed by atoms with Gasteiger partial charge >= 0.3 is 0 Å². The fourth-order valence-electron chi connectivity index (χ4n) is 2.13. The summed E-state index contributed by atoms with van der Waals surface area (Å²) in [4.78, 5) is 4.26. The molecule has 0 heterocycles. The van der Waals surface area contributed by atoms with Gasteiger partial charge in [-0.25, -0.2) is 0 Å². The average molecular weight is 371 g/mol. The van der Waals surface area contributed by atoms with Crippen LogP contribution in [0.4, 0.5) is 0 Å². The normalized spacial score (nSPS) is 15.2. The summed E-state index contributed by atoms with van der Waals surface area (Å²) in [5.41, 5.74) is 2.57. The van der Waals surface area contributed by atoms with Gasteiger partial charge in [-0.3, -0.25) is 4.99 Å². The Morgan fingerprint density at radius 2 is 2.05 bits per heavy atom. The van der Waals surface area contributed by atoms with Crippen molar-refractivity contribution in [2.45, 2.75) is 32.4 Å². The third kappa shape index (κ3) is 5.22. The highest BCUT2D eigenvalue weighted by Gasteiger charge is 2.11. The number of guanidine groups is 1. The van der Waals surface area contributed by atoms with Crippen molar-refractivity contribution in [2.75, 3.05) is 7.05 Å². The number of hydrogen-bond acceptors (Lipinski definition) is 1. The molecule has 3 nitrogen and oxygen atoms in total. The van der Waals surface area contributed by atoms with Crippen molar-refractivity contribution in [3.8, 4) is 0 Å². The van der Waals surface area contributed by atoms with E-state index >= 15 is 0 Å². The zero-order chi connectivity index (χ0) is 12.8. The van der Waals surface area contributed by atoms with E-state index in [0.29, 0.717) is 6.04 Å². The molecule has 0 amide bonds. The summed E-state index contributed by atoms with van der Waals surface area (Å²) in [6.45, 7) is 2.92. The average Bonchev–Trinajstić information content (AvgIpc) is 2.87. The number of hydrogen-bond donors (Lipinski definition) is 2. The van der Waals surface area contributed by atoms with Gasteiger partial charge in [0, 0.05) is 19.6 Å². The number of nitrogens with zero attached hydrogens (tertiary/aromatic N) is 1. The van der Waals surface area contributed by atoms with Crippen LogP contribution in [0, 0.1) is 6.92 Å². The summed E-state index contributed by atoms with van der Waals surface area (Å²) in [6.07, 6.45) is 6.60. The highest BCUT2D eigenvalue weighted by atomic mass is 127. The maximum atomic E-state index is 4.26. The van der Waals surface area contributed by atoms with Crippen LogP contribution < -0.4 is 10.6 Å². The second-order valence-corrected chi connectivity index (χ2v) is 4.70. The quantitative estimate of drug-likeness (QED) is 0.371. The highest BCUT2D eigenvalue weighted by molar-refractivity contribution is 14.0. The Kier molecular flexibility index (Phi) is 6.91. The lowest BCUT2D eigenvalue weighted by Gasteiger charge is -2.17. The SMILES string of the molecule is CN=C(NCc1cccc(C)c1)NC1CC=CC1.I. The van der Waals surface area contributed by atoms with E-state index in [1.807, 2.05) is 7.05 Å². The fourth-order valence-corrected chi connectivity index (χ4v) is 2.13. The zero-order valence-electron chi connectivity index (χ0n) is 11.5. The minimum Gasteiger partial charge on any atom is -0.353 e. The Bertz CT molecular complexity index is 446. The molecule has 1 aromatic rings. The van der Waals surface area contributed by atoms with Crippen molar-refractivity contribution in [3.05, 3.63) is 47.5 Å². The third-order valence-electron chi connectivity index (χ3n) is 3.11. The van der Waals surface area contributed by atoms with Crippen molar-refractivity contribution >= 4 is 29.9 Å². The Morgan fingerprint density at radius 1 is 1.32 bits per heavy atom. The van der Waals surface area contributed by atoms with E-state index in [-0.39, 0.29) is 24.0 Å². The lowest BCUT2D eigenvalue weighted by Crippen LogP contribution is -2.42. The van der Waals surface area contributed by atoms with Crippen LogP contribution in [0.25, 0.3) is 0 Å². The topological polar surface area (TPSA) is 36.4 Å². The molecule has 2 rings (SSSR count). The first kappa shape index (κ1) is 16.0. The predicted octanol–water partition coefficient (Wildman–Crippen LogP) is 3.00. The van der Waals surface area contributed by atoms with E-state index in [1.54, 1.807) is 0 Å².